The Hall–Kier alpha value is -2.00. The zero-order valence-electron chi connectivity index (χ0n) is 13.0. The first-order valence-electron chi connectivity index (χ1n) is 7.29. The molecule has 2 aromatic carbocycles. The molecule has 0 saturated carbocycles. The standard InChI is InChI=1S/C18H20ClNO2/c1-12(2)14-4-8-16(9-5-14)20-18(21)13(3)22-17-10-6-15(19)7-11-17/h4-13H,1-3H3,(H,20,21)/t13-/m0/s1. The molecule has 0 heterocycles. The molecule has 0 unspecified atom stereocenters. The Kier molecular flexibility index (Phi) is 5.45. The van der Waals surface area contributed by atoms with Gasteiger partial charge in [-0.2, -0.15) is 0 Å². The predicted molar refractivity (Wildman–Crippen MR) is 90.7 cm³/mol. The normalized spacial score (nSPS) is 12.0. The smallest absolute Gasteiger partial charge is 0.265 e. The van der Waals surface area contributed by atoms with Crippen LogP contribution in [0.5, 0.6) is 5.75 Å². The molecule has 0 aliphatic carbocycles. The van der Waals surface area contributed by atoms with Crippen molar-refractivity contribution in [3.8, 4) is 5.75 Å². The maximum atomic E-state index is 12.1. The van der Waals surface area contributed by atoms with Crippen LogP contribution in [0, 0.1) is 0 Å². The second-order valence-electron chi connectivity index (χ2n) is 5.48. The molecule has 0 bridgehead atoms. The third kappa shape index (κ3) is 4.50. The molecule has 0 aromatic heterocycles. The van der Waals surface area contributed by atoms with E-state index in [1.807, 2.05) is 24.3 Å². The van der Waals surface area contributed by atoms with Gasteiger partial charge < -0.3 is 10.1 Å². The fourth-order valence-electron chi connectivity index (χ4n) is 1.97. The Bertz CT molecular complexity index is 621. The van der Waals surface area contributed by atoms with E-state index in [0.29, 0.717) is 16.7 Å². The van der Waals surface area contributed by atoms with Crippen LogP contribution in [0.1, 0.15) is 32.3 Å². The molecule has 0 radical (unpaired) electrons. The lowest BCUT2D eigenvalue weighted by atomic mass is 10.0. The highest BCUT2D eigenvalue weighted by atomic mass is 35.5. The van der Waals surface area contributed by atoms with Crippen molar-refractivity contribution >= 4 is 23.2 Å². The molecule has 1 atom stereocenters. The fraction of sp³-hybridized carbons (Fsp3) is 0.278. The molecular formula is C18H20ClNO2. The molecule has 0 aliphatic rings. The summed E-state index contributed by atoms with van der Waals surface area (Å²) in [7, 11) is 0. The monoisotopic (exact) mass is 317 g/mol. The van der Waals surface area contributed by atoms with Crippen molar-refractivity contribution in [3.05, 3.63) is 59.1 Å². The number of carbonyl (C=O) groups is 1. The van der Waals surface area contributed by atoms with E-state index in [1.165, 1.54) is 5.56 Å². The molecule has 0 fully saturated rings. The highest BCUT2D eigenvalue weighted by molar-refractivity contribution is 6.30. The summed E-state index contributed by atoms with van der Waals surface area (Å²) in [5, 5.41) is 3.48. The molecule has 2 rings (SSSR count). The van der Waals surface area contributed by atoms with Gasteiger partial charge in [0, 0.05) is 10.7 Å². The first-order chi connectivity index (χ1) is 10.5. The van der Waals surface area contributed by atoms with Gasteiger partial charge >= 0.3 is 0 Å². The lowest BCUT2D eigenvalue weighted by Gasteiger charge is -2.15. The van der Waals surface area contributed by atoms with Gasteiger partial charge in [-0.15, -0.1) is 0 Å². The number of rotatable bonds is 5. The third-order valence-electron chi connectivity index (χ3n) is 3.34. The van der Waals surface area contributed by atoms with Gasteiger partial charge in [0.15, 0.2) is 6.10 Å². The Balaban J connectivity index is 1.94. The number of hydrogen-bond acceptors (Lipinski definition) is 2. The first-order valence-corrected chi connectivity index (χ1v) is 7.66. The number of ether oxygens (including phenoxy) is 1. The summed E-state index contributed by atoms with van der Waals surface area (Å²) in [6.45, 7) is 5.98. The van der Waals surface area contributed by atoms with Crippen molar-refractivity contribution in [2.24, 2.45) is 0 Å². The van der Waals surface area contributed by atoms with Crippen molar-refractivity contribution in [3.63, 3.8) is 0 Å². The fourth-order valence-corrected chi connectivity index (χ4v) is 2.09. The highest BCUT2D eigenvalue weighted by Crippen LogP contribution is 2.19. The molecular weight excluding hydrogens is 298 g/mol. The summed E-state index contributed by atoms with van der Waals surface area (Å²) in [4.78, 5) is 12.1. The molecule has 0 spiro atoms. The van der Waals surface area contributed by atoms with Crippen molar-refractivity contribution in [1.29, 1.82) is 0 Å². The Morgan fingerprint density at radius 1 is 1.00 bits per heavy atom. The van der Waals surface area contributed by atoms with E-state index in [9.17, 15) is 4.79 Å². The second kappa shape index (κ2) is 7.32. The second-order valence-corrected chi connectivity index (χ2v) is 5.92. The van der Waals surface area contributed by atoms with E-state index in [1.54, 1.807) is 31.2 Å². The molecule has 116 valence electrons. The van der Waals surface area contributed by atoms with Gasteiger partial charge in [0.1, 0.15) is 5.75 Å². The number of halogens is 1. The molecule has 1 amide bonds. The van der Waals surface area contributed by atoms with Gasteiger partial charge in [-0.25, -0.2) is 0 Å². The first kappa shape index (κ1) is 16.4. The highest BCUT2D eigenvalue weighted by Gasteiger charge is 2.15. The molecule has 1 N–H and O–H groups in total. The topological polar surface area (TPSA) is 38.3 Å². The van der Waals surface area contributed by atoms with E-state index in [4.69, 9.17) is 16.3 Å². The van der Waals surface area contributed by atoms with Gasteiger partial charge in [0.05, 0.1) is 0 Å². The SMILES string of the molecule is CC(C)c1ccc(NC(=O)[C@H](C)Oc2ccc(Cl)cc2)cc1. The predicted octanol–water partition coefficient (Wildman–Crippen LogP) is 4.87. The van der Waals surface area contributed by atoms with Crippen molar-refractivity contribution < 1.29 is 9.53 Å². The number of nitrogens with one attached hydrogen (secondary N) is 1. The molecule has 22 heavy (non-hydrogen) atoms. The number of benzene rings is 2. The van der Waals surface area contributed by atoms with Crippen LogP contribution in [0.4, 0.5) is 5.69 Å². The van der Waals surface area contributed by atoms with E-state index < -0.39 is 6.10 Å². The van der Waals surface area contributed by atoms with Crippen LogP contribution in [0.15, 0.2) is 48.5 Å². The van der Waals surface area contributed by atoms with Gasteiger partial charge in [-0.05, 0) is 54.8 Å². The molecule has 4 heteroatoms. The number of hydrogen-bond donors (Lipinski definition) is 1. The van der Waals surface area contributed by atoms with Crippen LogP contribution in [0.3, 0.4) is 0 Å². The maximum absolute atomic E-state index is 12.1. The number of anilines is 1. The van der Waals surface area contributed by atoms with Gasteiger partial charge in [-0.3, -0.25) is 4.79 Å². The Labute approximate surface area is 136 Å². The van der Waals surface area contributed by atoms with Crippen molar-refractivity contribution in [2.45, 2.75) is 32.8 Å². The number of carbonyl (C=O) groups excluding carboxylic acids is 1. The summed E-state index contributed by atoms with van der Waals surface area (Å²) in [5.74, 6) is 0.895. The zero-order chi connectivity index (χ0) is 16.1. The largest absolute Gasteiger partial charge is 0.481 e. The molecule has 0 aliphatic heterocycles. The summed E-state index contributed by atoms with van der Waals surface area (Å²) < 4.78 is 5.59. The van der Waals surface area contributed by atoms with E-state index in [-0.39, 0.29) is 5.91 Å². The minimum absolute atomic E-state index is 0.188. The van der Waals surface area contributed by atoms with E-state index >= 15 is 0 Å². The van der Waals surface area contributed by atoms with Crippen LogP contribution in [-0.2, 0) is 4.79 Å². The lowest BCUT2D eigenvalue weighted by molar-refractivity contribution is -0.122. The lowest BCUT2D eigenvalue weighted by Crippen LogP contribution is -2.30. The summed E-state index contributed by atoms with van der Waals surface area (Å²) in [6, 6.07) is 14.8. The average Bonchev–Trinajstić information content (AvgIpc) is 2.50. The van der Waals surface area contributed by atoms with Crippen LogP contribution in [0.25, 0.3) is 0 Å². The van der Waals surface area contributed by atoms with E-state index in [0.717, 1.165) is 5.69 Å². The van der Waals surface area contributed by atoms with Crippen LogP contribution >= 0.6 is 11.6 Å². The van der Waals surface area contributed by atoms with Gasteiger partial charge in [0.2, 0.25) is 0 Å². The Morgan fingerprint density at radius 3 is 2.14 bits per heavy atom. The third-order valence-corrected chi connectivity index (χ3v) is 3.59. The average molecular weight is 318 g/mol. The van der Waals surface area contributed by atoms with Crippen LogP contribution < -0.4 is 10.1 Å². The van der Waals surface area contributed by atoms with Crippen LogP contribution in [-0.4, -0.2) is 12.0 Å². The minimum atomic E-state index is -0.592. The quantitative estimate of drug-likeness (QED) is 0.854. The van der Waals surface area contributed by atoms with Crippen LogP contribution in [0.2, 0.25) is 5.02 Å². The zero-order valence-corrected chi connectivity index (χ0v) is 13.7. The molecule has 0 saturated heterocycles. The van der Waals surface area contributed by atoms with Gasteiger partial charge in [0.25, 0.3) is 5.91 Å². The van der Waals surface area contributed by atoms with E-state index in [2.05, 4.69) is 19.2 Å². The summed E-state index contributed by atoms with van der Waals surface area (Å²) in [5.41, 5.74) is 2.00. The molecule has 3 nitrogen and oxygen atoms in total. The summed E-state index contributed by atoms with van der Waals surface area (Å²) >= 11 is 5.82. The Morgan fingerprint density at radius 2 is 1.59 bits per heavy atom. The summed E-state index contributed by atoms with van der Waals surface area (Å²) in [6.07, 6.45) is -0.592. The van der Waals surface area contributed by atoms with Crippen molar-refractivity contribution in [2.75, 3.05) is 5.32 Å². The van der Waals surface area contributed by atoms with Gasteiger partial charge in [-0.1, -0.05) is 37.6 Å². The number of amides is 1. The molecule has 2 aromatic rings. The minimum Gasteiger partial charge on any atom is -0.481 e. The van der Waals surface area contributed by atoms with Crippen molar-refractivity contribution in [1.82, 2.24) is 0 Å². The maximum Gasteiger partial charge on any atom is 0.265 e.